The third-order valence-corrected chi connectivity index (χ3v) is 5.55. The number of benzene rings is 2. The first kappa shape index (κ1) is 23.0. The molecule has 2 aromatic carbocycles. The number of nitrogens with one attached hydrogen (secondary N) is 2. The topological polar surface area (TPSA) is 115 Å². The lowest BCUT2D eigenvalue weighted by molar-refractivity contribution is -0.116. The summed E-state index contributed by atoms with van der Waals surface area (Å²) in [5.74, 6) is 0.649. The van der Waals surface area contributed by atoms with E-state index >= 15 is 0 Å². The van der Waals surface area contributed by atoms with Gasteiger partial charge < -0.3 is 19.9 Å². The van der Waals surface area contributed by atoms with E-state index in [4.69, 9.17) is 4.74 Å². The zero-order valence-corrected chi connectivity index (χ0v) is 18.7. The van der Waals surface area contributed by atoms with Crippen LogP contribution in [-0.2, 0) is 23.1 Å². The minimum absolute atomic E-state index is 0.0246. The lowest BCUT2D eigenvalue weighted by atomic mass is 10.1. The van der Waals surface area contributed by atoms with Gasteiger partial charge in [0.2, 0.25) is 11.8 Å². The number of ether oxygens (including phenoxy) is 1. The molecule has 0 fully saturated rings. The molecule has 0 unspecified atom stereocenters. The van der Waals surface area contributed by atoms with Crippen molar-refractivity contribution in [1.29, 1.82) is 0 Å². The van der Waals surface area contributed by atoms with Crippen LogP contribution in [-0.4, -0.2) is 45.2 Å². The molecule has 0 aliphatic rings. The van der Waals surface area contributed by atoms with E-state index < -0.39 is 0 Å². The van der Waals surface area contributed by atoms with Crippen LogP contribution in [0.3, 0.4) is 0 Å². The quantitative estimate of drug-likeness (QED) is 0.378. The normalized spacial score (nSPS) is 10.5. The minimum atomic E-state index is -0.256. The Bertz CT molecular complexity index is 1130. The third kappa shape index (κ3) is 5.94. The molecule has 0 atom stereocenters. The molecule has 2 N–H and O–H groups in total. The second-order valence-electron chi connectivity index (χ2n) is 6.85. The van der Waals surface area contributed by atoms with Crippen LogP contribution < -0.4 is 15.4 Å². The number of anilines is 2. The average Bonchev–Trinajstić information content (AvgIpc) is 3.12. The number of hydrogen-bond donors (Lipinski definition) is 2. The number of hydrogen-bond acceptors (Lipinski definition) is 7. The largest absolute Gasteiger partial charge is 0.495 e. The van der Waals surface area contributed by atoms with Crippen molar-refractivity contribution in [1.82, 2.24) is 14.8 Å². The fourth-order valence-corrected chi connectivity index (χ4v) is 3.56. The number of rotatable bonds is 9. The van der Waals surface area contributed by atoms with Crippen molar-refractivity contribution < 1.29 is 19.1 Å². The Morgan fingerprint density at radius 3 is 2.41 bits per heavy atom. The highest BCUT2D eigenvalue weighted by molar-refractivity contribution is 7.99. The molecule has 3 rings (SSSR count). The summed E-state index contributed by atoms with van der Waals surface area (Å²) in [5, 5.41) is 14.2. The summed E-state index contributed by atoms with van der Waals surface area (Å²) in [7, 11) is 3.28. The molecule has 0 spiro atoms. The Morgan fingerprint density at radius 2 is 1.72 bits per heavy atom. The Hall–Kier alpha value is -3.66. The Kier molecular flexibility index (Phi) is 7.61. The van der Waals surface area contributed by atoms with Crippen LogP contribution in [0.4, 0.5) is 11.4 Å². The van der Waals surface area contributed by atoms with E-state index in [1.54, 1.807) is 54.1 Å². The molecule has 0 aliphatic carbocycles. The Labute approximate surface area is 189 Å². The first-order chi connectivity index (χ1) is 15.4. The molecule has 0 bridgehead atoms. The molecule has 0 saturated heterocycles. The molecule has 9 nitrogen and oxygen atoms in total. The number of aromatic nitrogens is 3. The van der Waals surface area contributed by atoms with Gasteiger partial charge in [-0.25, -0.2) is 0 Å². The van der Waals surface area contributed by atoms with Crippen LogP contribution in [0.2, 0.25) is 0 Å². The average molecular weight is 454 g/mol. The van der Waals surface area contributed by atoms with E-state index in [1.807, 2.05) is 6.07 Å². The molecule has 10 heteroatoms. The summed E-state index contributed by atoms with van der Waals surface area (Å²) < 4.78 is 6.92. The Balaban J connectivity index is 1.53. The fraction of sp³-hybridized carbons (Fsp3) is 0.227. The van der Waals surface area contributed by atoms with Gasteiger partial charge in [-0.3, -0.25) is 14.4 Å². The van der Waals surface area contributed by atoms with Gasteiger partial charge in [0.15, 0.2) is 10.9 Å². The Morgan fingerprint density at radius 1 is 1.00 bits per heavy atom. The van der Waals surface area contributed by atoms with Gasteiger partial charge in [-0.1, -0.05) is 23.9 Å². The van der Waals surface area contributed by atoms with Crippen molar-refractivity contribution >= 4 is 40.7 Å². The van der Waals surface area contributed by atoms with Crippen LogP contribution >= 0.6 is 11.8 Å². The monoisotopic (exact) mass is 453 g/mol. The van der Waals surface area contributed by atoms with E-state index in [0.29, 0.717) is 33.7 Å². The fourth-order valence-electron chi connectivity index (χ4n) is 2.83. The van der Waals surface area contributed by atoms with Gasteiger partial charge in [0.05, 0.1) is 25.0 Å². The second kappa shape index (κ2) is 10.6. The van der Waals surface area contributed by atoms with Gasteiger partial charge in [-0.05, 0) is 43.3 Å². The SMILES string of the molecule is COc1ccccc1NC(=O)Cc1nnc(SCC(=O)Nc2ccc(C(C)=O)cc2)n1C. The highest BCUT2D eigenvalue weighted by Crippen LogP contribution is 2.23. The van der Waals surface area contributed by atoms with Crippen LogP contribution in [0.5, 0.6) is 5.75 Å². The van der Waals surface area contributed by atoms with Crippen LogP contribution in [0.15, 0.2) is 53.7 Å². The molecular formula is C22H23N5O4S. The molecule has 1 aromatic heterocycles. The standard InChI is InChI=1S/C22H23N5O4S/c1-14(28)15-8-10-16(11-9-15)23-21(30)13-32-22-26-25-19(27(22)2)12-20(29)24-17-6-4-5-7-18(17)31-3/h4-11H,12-13H2,1-3H3,(H,23,30)(H,24,29). The van der Waals surface area contributed by atoms with Gasteiger partial charge >= 0.3 is 0 Å². The molecule has 3 aromatic rings. The highest BCUT2D eigenvalue weighted by Gasteiger charge is 2.15. The minimum Gasteiger partial charge on any atom is -0.495 e. The van der Waals surface area contributed by atoms with E-state index in [1.165, 1.54) is 25.8 Å². The molecule has 32 heavy (non-hydrogen) atoms. The molecule has 166 valence electrons. The van der Waals surface area contributed by atoms with Crippen molar-refractivity contribution in [3.8, 4) is 5.75 Å². The molecule has 2 amide bonds. The van der Waals surface area contributed by atoms with Crippen molar-refractivity contribution in [3.05, 3.63) is 59.9 Å². The van der Waals surface area contributed by atoms with Crippen LogP contribution in [0, 0.1) is 0 Å². The number of carbonyl (C=O) groups is 3. The lowest BCUT2D eigenvalue weighted by Gasteiger charge is -2.09. The van der Waals surface area contributed by atoms with Crippen molar-refractivity contribution in [3.63, 3.8) is 0 Å². The summed E-state index contributed by atoms with van der Waals surface area (Å²) in [4.78, 5) is 36.0. The second-order valence-corrected chi connectivity index (χ2v) is 7.80. The summed E-state index contributed by atoms with van der Waals surface area (Å²) >= 11 is 1.21. The third-order valence-electron chi connectivity index (χ3n) is 4.53. The molecule has 0 saturated carbocycles. The molecule has 0 radical (unpaired) electrons. The van der Waals surface area contributed by atoms with Gasteiger partial charge in [0, 0.05) is 18.3 Å². The molecule has 1 heterocycles. The maximum atomic E-state index is 12.4. The first-order valence-corrected chi connectivity index (χ1v) is 10.7. The number of carbonyl (C=O) groups excluding carboxylic acids is 3. The smallest absolute Gasteiger partial charge is 0.234 e. The van der Waals surface area contributed by atoms with Gasteiger partial charge in [0.25, 0.3) is 0 Å². The molecular weight excluding hydrogens is 430 g/mol. The maximum Gasteiger partial charge on any atom is 0.234 e. The summed E-state index contributed by atoms with van der Waals surface area (Å²) in [6.45, 7) is 1.49. The summed E-state index contributed by atoms with van der Waals surface area (Å²) in [6.07, 6.45) is 0.0246. The van der Waals surface area contributed by atoms with Crippen LogP contribution in [0.25, 0.3) is 0 Å². The lowest BCUT2D eigenvalue weighted by Crippen LogP contribution is -2.17. The molecule has 0 aliphatic heterocycles. The number of methoxy groups -OCH3 is 1. The number of nitrogens with zero attached hydrogens (tertiary/aromatic N) is 3. The van der Waals surface area contributed by atoms with E-state index in [-0.39, 0.29) is 29.8 Å². The van der Waals surface area contributed by atoms with Gasteiger partial charge in [-0.2, -0.15) is 0 Å². The van der Waals surface area contributed by atoms with E-state index in [9.17, 15) is 14.4 Å². The number of ketones is 1. The van der Waals surface area contributed by atoms with E-state index in [0.717, 1.165) is 0 Å². The first-order valence-electron chi connectivity index (χ1n) is 9.72. The number of Topliss-reactive ketones (excluding diaryl/α,β-unsaturated/α-hetero) is 1. The van der Waals surface area contributed by atoms with Crippen molar-refractivity contribution in [2.24, 2.45) is 7.05 Å². The van der Waals surface area contributed by atoms with Crippen molar-refractivity contribution in [2.75, 3.05) is 23.5 Å². The zero-order chi connectivity index (χ0) is 23.1. The van der Waals surface area contributed by atoms with Crippen LogP contribution in [0.1, 0.15) is 23.1 Å². The maximum absolute atomic E-state index is 12.4. The summed E-state index contributed by atoms with van der Waals surface area (Å²) in [5.41, 5.74) is 1.76. The summed E-state index contributed by atoms with van der Waals surface area (Å²) in [6, 6.07) is 13.8. The predicted molar refractivity (Wildman–Crippen MR) is 122 cm³/mol. The number of thioether (sulfide) groups is 1. The number of para-hydroxylation sites is 2. The number of amides is 2. The predicted octanol–water partition coefficient (Wildman–Crippen LogP) is 2.94. The van der Waals surface area contributed by atoms with E-state index in [2.05, 4.69) is 20.8 Å². The zero-order valence-electron chi connectivity index (χ0n) is 17.9. The van der Waals surface area contributed by atoms with Crippen molar-refractivity contribution in [2.45, 2.75) is 18.5 Å². The van der Waals surface area contributed by atoms with Gasteiger partial charge in [0.1, 0.15) is 11.6 Å². The highest BCUT2D eigenvalue weighted by atomic mass is 32.2. The van der Waals surface area contributed by atoms with Gasteiger partial charge in [-0.15, -0.1) is 10.2 Å².